The summed E-state index contributed by atoms with van der Waals surface area (Å²) >= 11 is 0. The molecule has 1 heterocycles. The summed E-state index contributed by atoms with van der Waals surface area (Å²) in [5.74, 6) is 0.153. The highest BCUT2D eigenvalue weighted by Gasteiger charge is 2.42. The second kappa shape index (κ2) is 4.12. The third-order valence-electron chi connectivity index (χ3n) is 2.91. The summed E-state index contributed by atoms with van der Waals surface area (Å²) in [6.07, 6.45) is 4.58. The fourth-order valence-electron chi connectivity index (χ4n) is 1.88. The first-order chi connectivity index (χ1) is 6.08. The molecular weight excluding hydrogens is 164 g/mol. The minimum Gasteiger partial charge on any atom is -0.465 e. The van der Waals surface area contributed by atoms with Gasteiger partial charge in [0.15, 0.2) is 0 Å². The second-order valence-electron chi connectivity index (χ2n) is 4.64. The molecule has 1 aliphatic heterocycles. The molecule has 13 heavy (non-hydrogen) atoms. The van der Waals surface area contributed by atoms with E-state index < -0.39 is 0 Å². The van der Waals surface area contributed by atoms with Crippen molar-refractivity contribution in [3.05, 3.63) is 0 Å². The van der Waals surface area contributed by atoms with Gasteiger partial charge < -0.3 is 4.74 Å². The van der Waals surface area contributed by atoms with Gasteiger partial charge in [-0.15, -0.1) is 0 Å². The van der Waals surface area contributed by atoms with E-state index in [1.165, 1.54) is 12.8 Å². The first-order valence-corrected chi connectivity index (χ1v) is 5.24. The van der Waals surface area contributed by atoms with Crippen LogP contribution in [0.15, 0.2) is 0 Å². The Balaban J connectivity index is 2.41. The van der Waals surface area contributed by atoms with Gasteiger partial charge in [0.1, 0.15) is 0 Å². The van der Waals surface area contributed by atoms with Crippen molar-refractivity contribution in [2.24, 2.45) is 11.3 Å². The second-order valence-corrected chi connectivity index (χ2v) is 4.64. The van der Waals surface area contributed by atoms with Crippen molar-refractivity contribution >= 4 is 5.97 Å². The average molecular weight is 184 g/mol. The van der Waals surface area contributed by atoms with Crippen LogP contribution in [0.2, 0.25) is 0 Å². The maximum absolute atomic E-state index is 11.4. The molecule has 0 aliphatic carbocycles. The van der Waals surface area contributed by atoms with E-state index in [0.717, 1.165) is 12.8 Å². The average Bonchev–Trinajstić information content (AvgIpc) is 2.31. The molecule has 0 radical (unpaired) electrons. The molecule has 0 aromatic heterocycles. The molecule has 0 bridgehead atoms. The Hall–Kier alpha value is -0.530. The summed E-state index contributed by atoms with van der Waals surface area (Å²) in [5, 5.41) is 0. The van der Waals surface area contributed by atoms with Crippen LogP contribution in [0.25, 0.3) is 0 Å². The van der Waals surface area contributed by atoms with E-state index in [0.29, 0.717) is 6.61 Å². The molecule has 0 aromatic rings. The van der Waals surface area contributed by atoms with Crippen molar-refractivity contribution < 1.29 is 9.53 Å². The molecule has 0 saturated carbocycles. The summed E-state index contributed by atoms with van der Waals surface area (Å²) in [6.45, 7) is 7.02. The lowest BCUT2D eigenvalue weighted by atomic mass is 9.79. The molecule has 0 spiro atoms. The van der Waals surface area contributed by atoms with Gasteiger partial charge in [-0.3, -0.25) is 4.79 Å². The van der Waals surface area contributed by atoms with Crippen molar-refractivity contribution in [2.45, 2.75) is 46.5 Å². The van der Waals surface area contributed by atoms with Crippen molar-refractivity contribution in [1.82, 2.24) is 0 Å². The topological polar surface area (TPSA) is 26.3 Å². The molecule has 1 rings (SSSR count). The van der Waals surface area contributed by atoms with Crippen LogP contribution in [0.4, 0.5) is 0 Å². The van der Waals surface area contributed by atoms with Crippen LogP contribution in [-0.4, -0.2) is 12.6 Å². The minimum absolute atomic E-state index is 0.0149. The Morgan fingerprint density at radius 2 is 2.15 bits per heavy atom. The van der Waals surface area contributed by atoms with Gasteiger partial charge in [-0.1, -0.05) is 40.0 Å². The van der Waals surface area contributed by atoms with Crippen LogP contribution in [0, 0.1) is 11.3 Å². The number of unbranched alkanes of at least 4 members (excludes halogenated alkanes) is 2. The molecule has 2 heteroatoms. The molecule has 0 N–H and O–H groups in total. The van der Waals surface area contributed by atoms with E-state index in [2.05, 4.69) is 20.8 Å². The molecule has 1 unspecified atom stereocenters. The van der Waals surface area contributed by atoms with Gasteiger partial charge in [0.2, 0.25) is 0 Å². The fourth-order valence-corrected chi connectivity index (χ4v) is 1.88. The zero-order valence-electron chi connectivity index (χ0n) is 8.93. The van der Waals surface area contributed by atoms with E-state index in [4.69, 9.17) is 4.74 Å². The summed E-state index contributed by atoms with van der Waals surface area (Å²) in [5.41, 5.74) is 0.0603. The first kappa shape index (κ1) is 10.6. The Morgan fingerprint density at radius 1 is 1.46 bits per heavy atom. The van der Waals surface area contributed by atoms with Crippen LogP contribution >= 0.6 is 0 Å². The van der Waals surface area contributed by atoms with Crippen molar-refractivity contribution in [1.29, 1.82) is 0 Å². The lowest BCUT2D eigenvalue weighted by molar-refractivity contribution is -0.141. The van der Waals surface area contributed by atoms with E-state index >= 15 is 0 Å². The van der Waals surface area contributed by atoms with E-state index in [9.17, 15) is 4.79 Å². The summed E-state index contributed by atoms with van der Waals surface area (Å²) in [4.78, 5) is 11.4. The van der Waals surface area contributed by atoms with Crippen LogP contribution in [0.5, 0.6) is 0 Å². The monoisotopic (exact) mass is 184 g/mol. The molecule has 2 nitrogen and oxygen atoms in total. The van der Waals surface area contributed by atoms with Crippen LogP contribution in [0.3, 0.4) is 0 Å². The van der Waals surface area contributed by atoms with Crippen LogP contribution < -0.4 is 0 Å². The number of ether oxygens (including phenoxy) is 1. The Kier molecular flexibility index (Phi) is 3.34. The van der Waals surface area contributed by atoms with Crippen molar-refractivity contribution in [3.8, 4) is 0 Å². The van der Waals surface area contributed by atoms with E-state index in [1.54, 1.807) is 0 Å². The summed E-state index contributed by atoms with van der Waals surface area (Å²) in [6, 6.07) is 0. The molecular formula is C11H20O2. The molecule has 0 aromatic carbocycles. The lowest BCUT2D eigenvalue weighted by Crippen LogP contribution is -2.23. The number of carbonyl (C=O) groups excluding carboxylic acids is 1. The number of hydrogen-bond donors (Lipinski definition) is 0. The minimum atomic E-state index is 0.0149. The highest BCUT2D eigenvalue weighted by Crippen LogP contribution is 2.37. The predicted octanol–water partition coefficient (Wildman–Crippen LogP) is 2.77. The zero-order chi connectivity index (χ0) is 9.90. The van der Waals surface area contributed by atoms with Gasteiger partial charge >= 0.3 is 5.97 Å². The van der Waals surface area contributed by atoms with E-state index in [1.807, 2.05) is 0 Å². The molecule has 76 valence electrons. The SMILES string of the molecule is CCCCCC1C(=O)OCC1(C)C. The van der Waals surface area contributed by atoms with Crippen molar-refractivity contribution in [3.63, 3.8) is 0 Å². The number of hydrogen-bond acceptors (Lipinski definition) is 2. The molecule has 0 amide bonds. The fraction of sp³-hybridized carbons (Fsp3) is 0.909. The maximum atomic E-state index is 11.4. The molecule has 1 saturated heterocycles. The van der Waals surface area contributed by atoms with Crippen LogP contribution in [0.1, 0.15) is 46.5 Å². The van der Waals surface area contributed by atoms with Gasteiger partial charge in [-0.05, 0) is 6.42 Å². The highest BCUT2D eigenvalue weighted by molar-refractivity contribution is 5.75. The standard InChI is InChI=1S/C11H20O2/c1-4-5-6-7-9-10(12)13-8-11(9,2)3/h9H,4-8H2,1-3H3. The number of cyclic esters (lactones) is 1. The largest absolute Gasteiger partial charge is 0.465 e. The predicted molar refractivity (Wildman–Crippen MR) is 52.4 cm³/mol. The highest BCUT2D eigenvalue weighted by atomic mass is 16.5. The van der Waals surface area contributed by atoms with Gasteiger partial charge in [-0.2, -0.15) is 0 Å². The van der Waals surface area contributed by atoms with E-state index in [-0.39, 0.29) is 17.3 Å². The Morgan fingerprint density at radius 3 is 2.62 bits per heavy atom. The molecule has 1 fully saturated rings. The third-order valence-corrected chi connectivity index (χ3v) is 2.91. The smallest absolute Gasteiger partial charge is 0.309 e. The summed E-state index contributed by atoms with van der Waals surface area (Å²) in [7, 11) is 0. The van der Waals surface area contributed by atoms with Gasteiger partial charge in [0.05, 0.1) is 12.5 Å². The van der Waals surface area contributed by atoms with Gasteiger partial charge in [0, 0.05) is 5.41 Å². The van der Waals surface area contributed by atoms with Crippen LogP contribution in [-0.2, 0) is 9.53 Å². The number of carbonyl (C=O) groups is 1. The molecule has 1 atom stereocenters. The van der Waals surface area contributed by atoms with Gasteiger partial charge in [-0.25, -0.2) is 0 Å². The van der Waals surface area contributed by atoms with Gasteiger partial charge in [0.25, 0.3) is 0 Å². The first-order valence-electron chi connectivity index (χ1n) is 5.24. The lowest BCUT2D eigenvalue weighted by Gasteiger charge is -2.21. The normalized spacial score (nSPS) is 26.1. The Labute approximate surface area is 80.7 Å². The zero-order valence-corrected chi connectivity index (χ0v) is 8.93. The Bertz CT molecular complexity index is 185. The quantitative estimate of drug-likeness (QED) is 0.496. The third kappa shape index (κ3) is 2.45. The number of esters is 1. The maximum Gasteiger partial charge on any atom is 0.309 e. The summed E-state index contributed by atoms with van der Waals surface area (Å²) < 4.78 is 5.07. The van der Waals surface area contributed by atoms with Crippen molar-refractivity contribution in [2.75, 3.05) is 6.61 Å². The number of rotatable bonds is 4. The molecule has 1 aliphatic rings.